The third-order valence-electron chi connectivity index (χ3n) is 3.81. The van der Waals surface area contributed by atoms with Crippen LogP contribution in [-0.4, -0.2) is 37.7 Å². The Bertz CT molecular complexity index is 199. The maximum absolute atomic E-state index is 5.38. The van der Waals surface area contributed by atoms with Gasteiger partial charge in [0.2, 0.25) is 0 Å². The van der Waals surface area contributed by atoms with Crippen molar-refractivity contribution in [1.82, 2.24) is 4.90 Å². The summed E-state index contributed by atoms with van der Waals surface area (Å²) in [5.74, 6) is 0.857. The van der Waals surface area contributed by atoms with Crippen LogP contribution in [-0.2, 0) is 4.74 Å². The quantitative estimate of drug-likeness (QED) is 0.708. The van der Waals surface area contributed by atoms with Gasteiger partial charge in [-0.05, 0) is 44.7 Å². The summed E-state index contributed by atoms with van der Waals surface area (Å²) in [6.07, 6.45) is 5.52. The molecule has 2 fully saturated rings. The molecule has 0 amide bonds. The fourth-order valence-electron chi connectivity index (χ4n) is 2.85. The van der Waals surface area contributed by atoms with Gasteiger partial charge < -0.3 is 9.64 Å². The zero-order chi connectivity index (χ0) is 10.7. The van der Waals surface area contributed by atoms with Gasteiger partial charge in [-0.2, -0.15) is 0 Å². The molecule has 0 aromatic carbocycles. The molecule has 88 valence electrons. The first-order chi connectivity index (χ1) is 7.20. The standard InChI is InChI=1S/C13H25NO/c1-12(2)5-3-7-14-8-4-6-13(9-14)10-15-11-13/h12H,3-11H2,1-2H3. The van der Waals surface area contributed by atoms with Gasteiger partial charge in [-0.25, -0.2) is 0 Å². The zero-order valence-corrected chi connectivity index (χ0v) is 10.3. The summed E-state index contributed by atoms with van der Waals surface area (Å²) in [5, 5.41) is 0. The van der Waals surface area contributed by atoms with Crippen LogP contribution >= 0.6 is 0 Å². The molecule has 0 aliphatic carbocycles. The van der Waals surface area contributed by atoms with Gasteiger partial charge in [0.1, 0.15) is 0 Å². The first kappa shape index (κ1) is 11.4. The minimum Gasteiger partial charge on any atom is -0.380 e. The summed E-state index contributed by atoms with van der Waals surface area (Å²) >= 11 is 0. The molecule has 0 bridgehead atoms. The maximum atomic E-state index is 5.38. The average Bonchev–Trinajstić information content (AvgIpc) is 2.15. The molecule has 2 rings (SSSR count). The summed E-state index contributed by atoms with van der Waals surface area (Å²) in [7, 11) is 0. The smallest absolute Gasteiger partial charge is 0.0557 e. The van der Waals surface area contributed by atoms with Gasteiger partial charge >= 0.3 is 0 Å². The Balaban J connectivity index is 1.69. The molecular formula is C13H25NO. The lowest BCUT2D eigenvalue weighted by atomic mass is 9.78. The molecule has 0 atom stereocenters. The monoisotopic (exact) mass is 211 g/mol. The topological polar surface area (TPSA) is 12.5 Å². The Morgan fingerprint density at radius 3 is 2.73 bits per heavy atom. The minimum atomic E-state index is 0.566. The maximum Gasteiger partial charge on any atom is 0.0557 e. The van der Waals surface area contributed by atoms with E-state index in [0.717, 1.165) is 19.1 Å². The number of hydrogen-bond donors (Lipinski definition) is 0. The molecule has 0 N–H and O–H groups in total. The number of hydrogen-bond acceptors (Lipinski definition) is 2. The van der Waals surface area contributed by atoms with E-state index in [1.54, 1.807) is 0 Å². The fourth-order valence-corrected chi connectivity index (χ4v) is 2.85. The predicted octanol–water partition coefficient (Wildman–Crippen LogP) is 2.54. The van der Waals surface area contributed by atoms with Crippen molar-refractivity contribution in [3.8, 4) is 0 Å². The van der Waals surface area contributed by atoms with Gasteiger partial charge in [0.25, 0.3) is 0 Å². The summed E-state index contributed by atoms with van der Waals surface area (Å²) in [6, 6.07) is 0. The lowest BCUT2D eigenvalue weighted by molar-refractivity contribution is -0.143. The molecule has 0 saturated carbocycles. The van der Waals surface area contributed by atoms with Crippen molar-refractivity contribution in [2.75, 3.05) is 32.8 Å². The largest absolute Gasteiger partial charge is 0.380 e. The van der Waals surface area contributed by atoms with Crippen LogP contribution in [0.5, 0.6) is 0 Å². The molecule has 2 aliphatic heterocycles. The molecular weight excluding hydrogens is 186 g/mol. The lowest BCUT2D eigenvalue weighted by Crippen LogP contribution is -2.54. The van der Waals surface area contributed by atoms with Crippen LogP contribution in [0, 0.1) is 11.3 Å². The third kappa shape index (κ3) is 2.94. The van der Waals surface area contributed by atoms with Crippen LogP contribution < -0.4 is 0 Å². The minimum absolute atomic E-state index is 0.566. The van der Waals surface area contributed by atoms with Crippen LogP contribution in [0.15, 0.2) is 0 Å². The highest BCUT2D eigenvalue weighted by atomic mass is 16.5. The van der Waals surface area contributed by atoms with Crippen molar-refractivity contribution in [3.05, 3.63) is 0 Å². The molecule has 2 aliphatic rings. The Morgan fingerprint density at radius 2 is 2.13 bits per heavy atom. The fraction of sp³-hybridized carbons (Fsp3) is 1.00. The molecule has 2 heterocycles. The van der Waals surface area contributed by atoms with Crippen LogP contribution in [0.4, 0.5) is 0 Å². The lowest BCUT2D eigenvalue weighted by Gasteiger charge is -2.48. The van der Waals surface area contributed by atoms with Gasteiger partial charge in [-0.1, -0.05) is 13.8 Å². The number of likely N-dealkylation sites (tertiary alicyclic amines) is 1. The van der Waals surface area contributed by atoms with Crippen LogP contribution in [0.25, 0.3) is 0 Å². The van der Waals surface area contributed by atoms with Crippen molar-refractivity contribution in [2.24, 2.45) is 11.3 Å². The normalized spacial score (nSPS) is 25.8. The number of ether oxygens (including phenoxy) is 1. The molecule has 15 heavy (non-hydrogen) atoms. The van der Waals surface area contributed by atoms with Gasteiger partial charge in [0.15, 0.2) is 0 Å². The molecule has 0 radical (unpaired) electrons. The van der Waals surface area contributed by atoms with Crippen molar-refractivity contribution in [2.45, 2.75) is 39.5 Å². The van der Waals surface area contributed by atoms with E-state index in [2.05, 4.69) is 18.7 Å². The Kier molecular flexibility index (Phi) is 3.68. The molecule has 0 aromatic rings. The Labute approximate surface area is 94.0 Å². The van der Waals surface area contributed by atoms with Gasteiger partial charge in [-0.3, -0.25) is 0 Å². The number of piperidine rings is 1. The van der Waals surface area contributed by atoms with Crippen LogP contribution in [0.2, 0.25) is 0 Å². The predicted molar refractivity (Wildman–Crippen MR) is 63.0 cm³/mol. The summed E-state index contributed by atoms with van der Waals surface area (Å²) < 4.78 is 5.38. The van der Waals surface area contributed by atoms with E-state index in [9.17, 15) is 0 Å². The van der Waals surface area contributed by atoms with Crippen molar-refractivity contribution < 1.29 is 4.74 Å². The van der Waals surface area contributed by atoms with Crippen LogP contribution in [0.3, 0.4) is 0 Å². The summed E-state index contributed by atoms with van der Waals surface area (Å²) in [5.41, 5.74) is 0.566. The Hall–Kier alpha value is -0.0800. The Morgan fingerprint density at radius 1 is 1.33 bits per heavy atom. The molecule has 0 aromatic heterocycles. The van der Waals surface area contributed by atoms with Gasteiger partial charge in [0.05, 0.1) is 13.2 Å². The highest BCUT2D eigenvalue weighted by molar-refractivity contribution is 4.91. The van der Waals surface area contributed by atoms with E-state index in [0.29, 0.717) is 5.41 Å². The highest BCUT2D eigenvalue weighted by Crippen LogP contribution is 2.36. The number of rotatable bonds is 4. The van der Waals surface area contributed by atoms with Gasteiger partial charge in [-0.15, -0.1) is 0 Å². The van der Waals surface area contributed by atoms with Crippen LogP contribution in [0.1, 0.15) is 39.5 Å². The second kappa shape index (κ2) is 4.84. The first-order valence-corrected chi connectivity index (χ1v) is 6.50. The highest BCUT2D eigenvalue weighted by Gasteiger charge is 2.41. The van der Waals surface area contributed by atoms with Crippen molar-refractivity contribution >= 4 is 0 Å². The third-order valence-corrected chi connectivity index (χ3v) is 3.81. The zero-order valence-electron chi connectivity index (χ0n) is 10.3. The summed E-state index contributed by atoms with van der Waals surface area (Å²) in [4.78, 5) is 2.66. The van der Waals surface area contributed by atoms with Crippen molar-refractivity contribution in [1.29, 1.82) is 0 Å². The SMILES string of the molecule is CC(C)CCCN1CCCC2(COC2)C1. The molecule has 1 spiro atoms. The van der Waals surface area contributed by atoms with Gasteiger partial charge in [0, 0.05) is 12.0 Å². The van der Waals surface area contributed by atoms with E-state index in [-0.39, 0.29) is 0 Å². The second-order valence-corrected chi connectivity index (χ2v) is 5.91. The molecule has 0 unspecified atom stereocenters. The van der Waals surface area contributed by atoms with E-state index in [4.69, 9.17) is 4.74 Å². The first-order valence-electron chi connectivity index (χ1n) is 6.50. The van der Waals surface area contributed by atoms with E-state index < -0.39 is 0 Å². The molecule has 2 nitrogen and oxygen atoms in total. The molecule has 2 heteroatoms. The molecule has 2 saturated heterocycles. The van der Waals surface area contributed by atoms with E-state index in [1.807, 2.05) is 0 Å². The number of nitrogens with zero attached hydrogens (tertiary/aromatic N) is 1. The van der Waals surface area contributed by atoms with Crippen molar-refractivity contribution in [3.63, 3.8) is 0 Å². The summed E-state index contributed by atoms with van der Waals surface area (Å²) in [6.45, 7) is 10.6. The van der Waals surface area contributed by atoms with E-state index in [1.165, 1.54) is 45.3 Å². The van der Waals surface area contributed by atoms with E-state index >= 15 is 0 Å². The second-order valence-electron chi connectivity index (χ2n) is 5.91. The average molecular weight is 211 g/mol.